The van der Waals surface area contributed by atoms with Gasteiger partial charge in [-0.25, -0.2) is 13.2 Å². The van der Waals surface area contributed by atoms with Gasteiger partial charge in [0.25, 0.3) is 0 Å². The standard InChI is InChI=1S/C10H10ClF3/c1-2-3-4-6-5-7(12)10(14)8(11)9(6)13/h5H,2-4H2,1H3. The molecule has 0 saturated heterocycles. The Morgan fingerprint density at radius 1 is 1.21 bits per heavy atom. The maximum atomic E-state index is 13.2. The van der Waals surface area contributed by atoms with Gasteiger partial charge in [0.1, 0.15) is 10.8 Å². The van der Waals surface area contributed by atoms with Crippen LogP contribution in [0, 0.1) is 17.5 Å². The summed E-state index contributed by atoms with van der Waals surface area (Å²) in [6, 6.07) is 0.867. The van der Waals surface area contributed by atoms with Crippen molar-refractivity contribution in [2.75, 3.05) is 0 Å². The van der Waals surface area contributed by atoms with Crippen LogP contribution in [0.15, 0.2) is 6.07 Å². The lowest BCUT2D eigenvalue weighted by Gasteiger charge is -2.05. The average molecular weight is 223 g/mol. The van der Waals surface area contributed by atoms with Crippen LogP contribution in [0.25, 0.3) is 0 Å². The number of aryl methyl sites for hydroxylation is 1. The van der Waals surface area contributed by atoms with Crippen LogP contribution in [0.4, 0.5) is 13.2 Å². The van der Waals surface area contributed by atoms with Crippen LogP contribution in [0.5, 0.6) is 0 Å². The molecule has 0 unspecified atom stereocenters. The Labute approximate surface area is 85.7 Å². The highest BCUT2D eigenvalue weighted by Gasteiger charge is 2.16. The molecule has 1 aromatic rings. The second-order valence-corrected chi connectivity index (χ2v) is 3.44. The van der Waals surface area contributed by atoms with Crippen LogP contribution in [-0.4, -0.2) is 0 Å². The first-order valence-corrected chi connectivity index (χ1v) is 4.77. The summed E-state index contributed by atoms with van der Waals surface area (Å²) in [6.45, 7) is 1.93. The lowest BCUT2D eigenvalue weighted by Crippen LogP contribution is -1.97. The minimum Gasteiger partial charge on any atom is -0.205 e. The molecule has 0 aliphatic carbocycles. The maximum absolute atomic E-state index is 13.2. The molecule has 0 aliphatic rings. The van der Waals surface area contributed by atoms with E-state index in [-0.39, 0.29) is 5.56 Å². The minimum atomic E-state index is -1.32. The highest BCUT2D eigenvalue weighted by atomic mass is 35.5. The van der Waals surface area contributed by atoms with Gasteiger partial charge < -0.3 is 0 Å². The van der Waals surface area contributed by atoms with Gasteiger partial charge in [-0.2, -0.15) is 0 Å². The van der Waals surface area contributed by atoms with Gasteiger partial charge in [0.05, 0.1) is 0 Å². The molecule has 14 heavy (non-hydrogen) atoms. The van der Waals surface area contributed by atoms with Crippen LogP contribution < -0.4 is 0 Å². The number of rotatable bonds is 3. The molecule has 0 saturated carbocycles. The monoisotopic (exact) mass is 222 g/mol. The van der Waals surface area contributed by atoms with Crippen molar-refractivity contribution in [3.8, 4) is 0 Å². The Hall–Kier alpha value is -0.700. The van der Waals surface area contributed by atoms with Gasteiger partial charge in [-0.15, -0.1) is 0 Å². The van der Waals surface area contributed by atoms with Crippen molar-refractivity contribution in [1.29, 1.82) is 0 Å². The summed E-state index contributed by atoms with van der Waals surface area (Å²) in [6.07, 6.45) is 1.95. The molecule has 4 heteroatoms. The molecule has 0 aliphatic heterocycles. The molecule has 0 nitrogen and oxygen atoms in total. The highest BCUT2D eigenvalue weighted by molar-refractivity contribution is 6.31. The van der Waals surface area contributed by atoms with Crippen molar-refractivity contribution in [3.63, 3.8) is 0 Å². The third kappa shape index (κ3) is 2.21. The van der Waals surface area contributed by atoms with Crippen molar-refractivity contribution < 1.29 is 13.2 Å². The predicted octanol–water partition coefficient (Wildman–Crippen LogP) is 4.10. The van der Waals surface area contributed by atoms with Crippen molar-refractivity contribution in [1.82, 2.24) is 0 Å². The van der Waals surface area contributed by atoms with Gasteiger partial charge >= 0.3 is 0 Å². The van der Waals surface area contributed by atoms with Crippen molar-refractivity contribution in [2.24, 2.45) is 0 Å². The number of hydrogen-bond acceptors (Lipinski definition) is 0. The molecule has 0 fully saturated rings. The van der Waals surface area contributed by atoms with Gasteiger partial charge in [0.15, 0.2) is 11.6 Å². The number of unbranched alkanes of at least 4 members (excludes halogenated alkanes) is 1. The molecule has 0 atom stereocenters. The lowest BCUT2D eigenvalue weighted by molar-refractivity contribution is 0.489. The molecule has 78 valence electrons. The van der Waals surface area contributed by atoms with Crippen molar-refractivity contribution in [3.05, 3.63) is 34.1 Å². The zero-order chi connectivity index (χ0) is 10.7. The SMILES string of the molecule is CCCCc1cc(F)c(F)c(Cl)c1F. The van der Waals surface area contributed by atoms with Crippen LogP contribution >= 0.6 is 11.6 Å². The Morgan fingerprint density at radius 3 is 2.43 bits per heavy atom. The summed E-state index contributed by atoms with van der Waals surface area (Å²) in [7, 11) is 0. The highest BCUT2D eigenvalue weighted by Crippen LogP contribution is 2.25. The average Bonchev–Trinajstić information content (AvgIpc) is 2.18. The van der Waals surface area contributed by atoms with E-state index in [1.807, 2.05) is 6.92 Å². The van der Waals surface area contributed by atoms with Gasteiger partial charge in [-0.1, -0.05) is 24.9 Å². The van der Waals surface area contributed by atoms with E-state index in [0.29, 0.717) is 6.42 Å². The zero-order valence-corrected chi connectivity index (χ0v) is 8.47. The van der Waals surface area contributed by atoms with Gasteiger partial charge in [-0.3, -0.25) is 0 Å². The van der Waals surface area contributed by atoms with Crippen LogP contribution in [0.2, 0.25) is 5.02 Å². The van der Waals surface area contributed by atoms with E-state index < -0.39 is 22.5 Å². The van der Waals surface area contributed by atoms with Gasteiger partial charge in [0, 0.05) is 0 Å². The molecule has 0 amide bonds. The van der Waals surface area contributed by atoms with E-state index in [9.17, 15) is 13.2 Å². The van der Waals surface area contributed by atoms with E-state index in [1.54, 1.807) is 0 Å². The normalized spacial score (nSPS) is 10.6. The van der Waals surface area contributed by atoms with E-state index in [0.717, 1.165) is 18.9 Å². The second kappa shape index (κ2) is 4.69. The van der Waals surface area contributed by atoms with E-state index in [2.05, 4.69) is 0 Å². The number of benzene rings is 1. The Kier molecular flexibility index (Phi) is 3.81. The summed E-state index contributed by atoms with van der Waals surface area (Å²) < 4.78 is 38.8. The third-order valence-electron chi connectivity index (χ3n) is 1.98. The lowest BCUT2D eigenvalue weighted by atomic mass is 10.1. The molecule has 0 bridgehead atoms. The number of halogens is 4. The second-order valence-electron chi connectivity index (χ2n) is 3.06. The fraction of sp³-hybridized carbons (Fsp3) is 0.400. The Bertz CT molecular complexity index is 337. The first-order valence-electron chi connectivity index (χ1n) is 4.39. The van der Waals surface area contributed by atoms with Crippen LogP contribution in [0.1, 0.15) is 25.3 Å². The van der Waals surface area contributed by atoms with Crippen LogP contribution in [-0.2, 0) is 6.42 Å². The number of hydrogen-bond donors (Lipinski definition) is 0. The smallest absolute Gasteiger partial charge is 0.180 e. The first-order chi connectivity index (χ1) is 6.57. The first kappa shape index (κ1) is 11.4. The Morgan fingerprint density at radius 2 is 1.86 bits per heavy atom. The summed E-state index contributed by atoms with van der Waals surface area (Å²) in [5, 5.41) is -0.754. The van der Waals surface area contributed by atoms with Gasteiger partial charge in [-0.05, 0) is 24.5 Å². The van der Waals surface area contributed by atoms with E-state index in [1.165, 1.54) is 0 Å². The van der Waals surface area contributed by atoms with Crippen molar-refractivity contribution >= 4 is 11.6 Å². The molecule has 1 aromatic carbocycles. The summed E-state index contributed by atoms with van der Waals surface area (Å²) in [5.74, 6) is -3.26. The molecule has 0 radical (unpaired) electrons. The summed E-state index contributed by atoms with van der Waals surface area (Å²) in [4.78, 5) is 0. The molecule has 0 aromatic heterocycles. The van der Waals surface area contributed by atoms with Crippen molar-refractivity contribution in [2.45, 2.75) is 26.2 Å². The largest absolute Gasteiger partial charge is 0.205 e. The molecular weight excluding hydrogens is 213 g/mol. The molecule has 1 rings (SSSR count). The van der Waals surface area contributed by atoms with Crippen LogP contribution in [0.3, 0.4) is 0 Å². The Balaban J connectivity index is 3.06. The summed E-state index contributed by atoms with van der Waals surface area (Å²) >= 11 is 5.28. The van der Waals surface area contributed by atoms with E-state index in [4.69, 9.17) is 11.6 Å². The molecular formula is C10H10ClF3. The predicted molar refractivity (Wildman–Crippen MR) is 49.9 cm³/mol. The maximum Gasteiger partial charge on any atom is 0.180 e. The fourth-order valence-corrected chi connectivity index (χ4v) is 1.38. The fourth-order valence-electron chi connectivity index (χ4n) is 1.17. The molecule has 0 heterocycles. The topological polar surface area (TPSA) is 0 Å². The summed E-state index contributed by atoms with van der Waals surface area (Å²) in [5.41, 5.74) is 0.135. The molecule has 0 N–H and O–H groups in total. The quantitative estimate of drug-likeness (QED) is 0.534. The minimum absolute atomic E-state index is 0.135. The molecule has 0 spiro atoms. The zero-order valence-electron chi connectivity index (χ0n) is 7.71. The van der Waals surface area contributed by atoms with Gasteiger partial charge in [0.2, 0.25) is 0 Å². The third-order valence-corrected chi connectivity index (χ3v) is 2.31. The van der Waals surface area contributed by atoms with E-state index >= 15 is 0 Å².